The number of thiazole rings is 1. The summed E-state index contributed by atoms with van der Waals surface area (Å²) >= 11 is 1.41. The van der Waals surface area contributed by atoms with E-state index in [0.29, 0.717) is 31.3 Å². The van der Waals surface area contributed by atoms with Gasteiger partial charge in [0.15, 0.2) is 5.13 Å². The first kappa shape index (κ1) is 20.0. The molecule has 0 saturated carbocycles. The average molecular weight is 426 g/mol. The first-order valence-corrected chi connectivity index (χ1v) is 10.5. The van der Waals surface area contributed by atoms with Crippen LogP contribution in [0.2, 0.25) is 0 Å². The van der Waals surface area contributed by atoms with Gasteiger partial charge >= 0.3 is 6.03 Å². The predicted molar refractivity (Wildman–Crippen MR) is 118 cm³/mol. The molecule has 4 rings (SSSR count). The van der Waals surface area contributed by atoms with Crippen LogP contribution in [0.1, 0.15) is 0 Å². The molecule has 9 heteroatoms. The summed E-state index contributed by atoms with van der Waals surface area (Å²) < 4.78 is 6.43. The van der Waals surface area contributed by atoms with Crippen LogP contribution >= 0.6 is 11.3 Å². The van der Waals surface area contributed by atoms with Crippen LogP contribution in [-0.4, -0.2) is 61.7 Å². The minimum absolute atomic E-state index is 0.0958. The molecule has 2 aromatic carbocycles. The van der Waals surface area contributed by atoms with Crippen LogP contribution in [0.4, 0.5) is 15.6 Å². The number of urea groups is 1. The molecule has 0 spiro atoms. The highest BCUT2D eigenvalue weighted by Gasteiger charge is 2.23. The second-order valence-electron chi connectivity index (χ2n) is 6.84. The van der Waals surface area contributed by atoms with E-state index in [2.05, 4.69) is 20.5 Å². The summed E-state index contributed by atoms with van der Waals surface area (Å²) in [5, 5.41) is 5.96. The standard InChI is InChI=1S/C21H23N5O3S/c1-29-17-8-4-3-7-16(17)25-10-12-26(13-11-25)21(28)22-14-19(27)24-20-23-15-6-2-5-9-18(15)30-20/h2-9H,10-14H2,1H3,(H,22,28)(H,23,24,27). The van der Waals surface area contributed by atoms with E-state index in [1.165, 1.54) is 11.3 Å². The van der Waals surface area contributed by atoms with E-state index >= 15 is 0 Å². The molecule has 30 heavy (non-hydrogen) atoms. The van der Waals surface area contributed by atoms with Crippen LogP contribution in [0.15, 0.2) is 48.5 Å². The Balaban J connectivity index is 1.25. The summed E-state index contributed by atoms with van der Waals surface area (Å²) in [5.74, 6) is 0.525. The molecule has 2 N–H and O–H groups in total. The molecule has 156 valence electrons. The molecule has 8 nitrogen and oxygen atoms in total. The molecule has 3 amide bonds. The second kappa shape index (κ2) is 9.00. The van der Waals surface area contributed by atoms with Crippen molar-refractivity contribution in [1.82, 2.24) is 15.2 Å². The fourth-order valence-corrected chi connectivity index (χ4v) is 4.28. The quantitative estimate of drug-likeness (QED) is 0.657. The first-order valence-electron chi connectivity index (χ1n) is 9.70. The van der Waals surface area contributed by atoms with Gasteiger partial charge in [-0.05, 0) is 24.3 Å². The molecular weight excluding hydrogens is 402 g/mol. The maximum atomic E-state index is 12.4. The van der Waals surface area contributed by atoms with Crippen molar-refractivity contribution in [2.45, 2.75) is 0 Å². The molecule has 0 bridgehead atoms. The van der Waals surface area contributed by atoms with Crippen molar-refractivity contribution in [3.63, 3.8) is 0 Å². The van der Waals surface area contributed by atoms with Crippen molar-refractivity contribution in [2.75, 3.05) is 50.1 Å². The zero-order valence-corrected chi connectivity index (χ0v) is 17.4. The van der Waals surface area contributed by atoms with Gasteiger partial charge in [0.05, 0.1) is 29.6 Å². The molecule has 0 atom stereocenters. The maximum Gasteiger partial charge on any atom is 0.317 e. The number of carbonyl (C=O) groups is 2. The highest BCUT2D eigenvalue weighted by Crippen LogP contribution is 2.28. The SMILES string of the molecule is COc1ccccc1N1CCN(C(=O)NCC(=O)Nc2nc3ccccc3s2)CC1. The Labute approximate surface area is 178 Å². The van der Waals surface area contributed by atoms with E-state index in [1.807, 2.05) is 48.5 Å². The molecule has 0 unspecified atom stereocenters. The molecule has 1 fully saturated rings. The number of carbonyl (C=O) groups excluding carboxylic acids is 2. The van der Waals surface area contributed by atoms with E-state index < -0.39 is 0 Å². The maximum absolute atomic E-state index is 12.4. The Morgan fingerprint density at radius 3 is 2.57 bits per heavy atom. The van der Waals surface area contributed by atoms with E-state index in [9.17, 15) is 9.59 Å². The zero-order chi connectivity index (χ0) is 20.9. The molecule has 0 aliphatic carbocycles. The van der Waals surface area contributed by atoms with Crippen molar-refractivity contribution >= 4 is 44.3 Å². The predicted octanol–water partition coefficient (Wildman–Crippen LogP) is 2.78. The zero-order valence-electron chi connectivity index (χ0n) is 16.6. The Hall–Kier alpha value is -3.33. The number of ether oxygens (including phenoxy) is 1. The van der Waals surface area contributed by atoms with Crippen LogP contribution in [0.3, 0.4) is 0 Å². The highest BCUT2D eigenvalue weighted by molar-refractivity contribution is 7.22. The summed E-state index contributed by atoms with van der Waals surface area (Å²) in [6.45, 7) is 2.45. The van der Waals surface area contributed by atoms with Gasteiger partial charge in [-0.15, -0.1) is 0 Å². The van der Waals surface area contributed by atoms with Crippen LogP contribution in [0.5, 0.6) is 5.75 Å². The second-order valence-corrected chi connectivity index (χ2v) is 7.87. The molecular formula is C21H23N5O3S. The minimum Gasteiger partial charge on any atom is -0.495 e. The van der Waals surface area contributed by atoms with E-state index in [0.717, 1.165) is 21.7 Å². The minimum atomic E-state index is -0.296. The number of piperazine rings is 1. The third-order valence-corrected chi connectivity index (χ3v) is 5.88. The normalized spacial score (nSPS) is 13.9. The summed E-state index contributed by atoms with van der Waals surface area (Å²) in [7, 11) is 1.65. The van der Waals surface area contributed by atoms with Gasteiger partial charge < -0.3 is 25.2 Å². The number of aromatic nitrogens is 1. The average Bonchev–Trinajstić information content (AvgIpc) is 3.19. The molecule has 2 heterocycles. The Morgan fingerprint density at radius 1 is 1.07 bits per heavy atom. The van der Waals surface area contributed by atoms with E-state index in [-0.39, 0.29) is 18.5 Å². The summed E-state index contributed by atoms with van der Waals surface area (Å²) in [4.78, 5) is 32.9. The van der Waals surface area contributed by atoms with Crippen molar-refractivity contribution < 1.29 is 14.3 Å². The lowest BCUT2D eigenvalue weighted by Gasteiger charge is -2.36. The lowest BCUT2D eigenvalue weighted by Crippen LogP contribution is -2.52. The molecule has 1 saturated heterocycles. The third kappa shape index (κ3) is 4.46. The molecule has 1 aliphatic heterocycles. The number of nitrogens with zero attached hydrogens (tertiary/aromatic N) is 3. The number of rotatable bonds is 5. The molecule has 0 radical (unpaired) electrons. The van der Waals surface area contributed by atoms with Crippen molar-refractivity contribution in [3.8, 4) is 5.75 Å². The molecule has 3 aromatic rings. The van der Waals surface area contributed by atoms with Crippen LogP contribution in [-0.2, 0) is 4.79 Å². The van der Waals surface area contributed by atoms with Gasteiger partial charge in [-0.1, -0.05) is 35.6 Å². The van der Waals surface area contributed by atoms with E-state index in [1.54, 1.807) is 12.0 Å². The summed E-state index contributed by atoms with van der Waals surface area (Å²) in [5.41, 5.74) is 1.87. The van der Waals surface area contributed by atoms with Gasteiger partial charge in [0.1, 0.15) is 5.75 Å². The van der Waals surface area contributed by atoms with Gasteiger partial charge in [-0.25, -0.2) is 9.78 Å². The lowest BCUT2D eigenvalue weighted by molar-refractivity contribution is -0.115. The van der Waals surface area contributed by atoms with Crippen LogP contribution < -0.4 is 20.3 Å². The Bertz CT molecular complexity index is 1010. The Kier molecular flexibility index (Phi) is 5.99. The van der Waals surface area contributed by atoms with Crippen LogP contribution in [0, 0.1) is 0 Å². The highest BCUT2D eigenvalue weighted by atomic mass is 32.1. The van der Waals surface area contributed by atoms with Gasteiger partial charge in [0, 0.05) is 26.2 Å². The van der Waals surface area contributed by atoms with E-state index in [4.69, 9.17) is 4.74 Å². The smallest absolute Gasteiger partial charge is 0.317 e. The van der Waals surface area contributed by atoms with Crippen LogP contribution in [0.25, 0.3) is 10.2 Å². The molecule has 1 aliphatic rings. The first-order chi connectivity index (χ1) is 14.6. The van der Waals surface area contributed by atoms with Crippen molar-refractivity contribution in [1.29, 1.82) is 0 Å². The number of benzene rings is 2. The number of fused-ring (bicyclic) bond motifs is 1. The van der Waals surface area contributed by atoms with Gasteiger partial charge in [0.2, 0.25) is 5.91 Å². The molecule has 1 aromatic heterocycles. The van der Waals surface area contributed by atoms with Crippen molar-refractivity contribution in [3.05, 3.63) is 48.5 Å². The van der Waals surface area contributed by atoms with Gasteiger partial charge in [0.25, 0.3) is 0 Å². The number of hydrogen-bond acceptors (Lipinski definition) is 6. The largest absolute Gasteiger partial charge is 0.495 e. The number of anilines is 2. The fourth-order valence-electron chi connectivity index (χ4n) is 3.40. The summed E-state index contributed by atoms with van der Waals surface area (Å²) in [6.07, 6.45) is 0. The fraction of sp³-hybridized carbons (Fsp3) is 0.286. The monoisotopic (exact) mass is 425 g/mol. The van der Waals surface area contributed by atoms with Gasteiger partial charge in [-0.3, -0.25) is 4.79 Å². The number of hydrogen-bond donors (Lipinski definition) is 2. The topological polar surface area (TPSA) is 86.8 Å². The number of para-hydroxylation sites is 3. The number of nitrogens with one attached hydrogen (secondary N) is 2. The van der Waals surface area contributed by atoms with Gasteiger partial charge in [-0.2, -0.15) is 0 Å². The number of methoxy groups -OCH3 is 1. The lowest BCUT2D eigenvalue weighted by atomic mass is 10.2. The number of amides is 3. The Morgan fingerprint density at radius 2 is 1.80 bits per heavy atom. The van der Waals surface area contributed by atoms with Crippen molar-refractivity contribution in [2.24, 2.45) is 0 Å². The summed E-state index contributed by atoms with van der Waals surface area (Å²) in [6, 6.07) is 15.3. The third-order valence-electron chi connectivity index (χ3n) is 4.93.